The topological polar surface area (TPSA) is 55.8 Å². The van der Waals surface area contributed by atoms with Crippen molar-refractivity contribution in [2.45, 2.75) is 6.04 Å². The van der Waals surface area contributed by atoms with Crippen LogP contribution >= 0.6 is 11.6 Å². The van der Waals surface area contributed by atoms with Crippen LogP contribution in [0, 0.1) is 0 Å². The zero-order valence-electron chi connectivity index (χ0n) is 16.2. The van der Waals surface area contributed by atoms with Crippen molar-refractivity contribution in [1.82, 2.24) is 9.80 Å². The molecule has 0 aliphatic carbocycles. The molecule has 1 saturated heterocycles. The number of ether oxygens (including phenoxy) is 1. The number of carbonyl (C=O) groups is 1. The number of benzene rings is 2. The summed E-state index contributed by atoms with van der Waals surface area (Å²) in [5.41, 5.74) is 2.50. The second-order valence-electron chi connectivity index (χ2n) is 6.67. The number of carboxylic acid groups (broad SMARTS) is 1. The predicted molar refractivity (Wildman–Crippen MR) is 104 cm³/mol. The van der Waals surface area contributed by atoms with Gasteiger partial charge in [-0.2, -0.15) is 0 Å². The van der Waals surface area contributed by atoms with Crippen LogP contribution in [0.3, 0.4) is 0 Å². The maximum absolute atomic E-state index is 10.4. The van der Waals surface area contributed by atoms with Gasteiger partial charge in [0.2, 0.25) is 0 Å². The summed E-state index contributed by atoms with van der Waals surface area (Å²) in [6, 6.07) is 18.8. The minimum Gasteiger partial charge on any atom is -0.548 e. The summed E-state index contributed by atoms with van der Waals surface area (Å²) in [4.78, 5) is 15.2. The summed E-state index contributed by atoms with van der Waals surface area (Å²) in [6.07, 6.45) is 0. The molecule has 1 aliphatic heterocycles. The first-order valence-electron chi connectivity index (χ1n) is 9.18. The van der Waals surface area contributed by atoms with Gasteiger partial charge in [0.1, 0.15) is 0 Å². The molecular formula is C21H24ClKN2O3. The summed E-state index contributed by atoms with van der Waals surface area (Å²) in [6.45, 7) is 4.51. The first kappa shape index (κ1) is 24.0. The van der Waals surface area contributed by atoms with E-state index in [1.165, 1.54) is 11.1 Å². The minimum atomic E-state index is -1.17. The fourth-order valence-electron chi connectivity index (χ4n) is 3.49. The van der Waals surface area contributed by atoms with Crippen LogP contribution in [0.1, 0.15) is 17.2 Å². The second kappa shape index (κ2) is 12.4. The molecule has 0 N–H and O–H groups in total. The Morgan fingerprint density at radius 1 is 1.00 bits per heavy atom. The molecule has 2 aromatic rings. The molecule has 1 heterocycles. The number of aliphatic carboxylic acids is 1. The van der Waals surface area contributed by atoms with Gasteiger partial charge < -0.3 is 14.6 Å². The summed E-state index contributed by atoms with van der Waals surface area (Å²) >= 11 is 6.07. The molecule has 1 unspecified atom stereocenters. The molecule has 7 heteroatoms. The van der Waals surface area contributed by atoms with E-state index in [-0.39, 0.29) is 64.0 Å². The van der Waals surface area contributed by atoms with E-state index in [2.05, 4.69) is 46.2 Å². The first-order chi connectivity index (χ1) is 13.1. The maximum atomic E-state index is 10.4. The standard InChI is InChI=1S/C21H25ClN2O3.K/c22-19-8-6-18(7-9-19)21(17-4-2-1-3-5-17)24-12-10-23(11-13-24)14-15-27-16-20(25)26;/h1-9,21H,10-16H2,(H,25,26);/q;+1/p-1. The van der Waals surface area contributed by atoms with Gasteiger partial charge in [0.15, 0.2) is 0 Å². The third-order valence-corrected chi connectivity index (χ3v) is 5.10. The molecule has 28 heavy (non-hydrogen) atoms. The average Bonchev–Trinajstić information content (AvgIpc) is 2.69. The van der Waals surface area contributed by atoms with E-state index in [0.717, 1.165) is 37.7 Å². The Balaban J connectivity index is 0.00000280. The van der Waals surface area contributed by atoms with Crippen LogP contribution in [0.5, 0.6) is 0 Å². The monoisotopic (exact) mass is 426 g/mol. The SMILES string of the molecule is O=C([O-])COCCN1CCN(C(c2ccccc2)c2ccc(Cl)cc2)CC1.[K+]. The van der Waals surface area contributed by atoms with E-state index in [1.54, 1.807) is 0 Å². The Morgan fingerprint density at radius 2 is 1.61 bits per heavy atom. The van der Waals surface area contributed by atoms with Crippen LogP contribution in [0.15, 0.2) is 54.6 Å². The number of hydrogen-bond acceptors (Lipinski definition) is 5. The minimum absolute atomic E-state index is 0. The zero-order valence-corrected chi connectivity index (χ0v) is 20.1. The number of carbonyl (C=O) groups excluding carboxylic acids is 1. The molecule has 1 fully saturated rings. The van der Waals surface area contributed by atoms with Gasteiger partial charge in [-0.25, -0.2) is 0 Å². The smallest absolute Gasteiger partial charge is 0.548 e. The quantitative estimate of drug-likeness (QED) is 0.393. The van der Waals surface area contributed by atoms with Crippen molar-refractivity contribution in [3.05, 3.63) is 70.7 Å². The number of hydrogen-bond donors (Lipinski definition) is 0. The fourth-order valence-corrected chi connectivity index (χ4v) is 3.61. The van der Waals surface area contributed by atoms with Crippen molar-refractivity contribution in [3.8, 4) is 0 Å². The molecule has 3 rings (SSSR count). The summed E-state index contributed by atoms with van der Waals surface area (Å²) in [5, 5.41) is 11.1. The molecule has 0 amide bonds. The van der Waals surface area contributed by atoms with Crippen molar-refractivity contribution < 1.29 is 66.0 Å². The fraction of sp³-hybridized carbons (Fsp3) is 0.381. The number of halogens is 1. The van der Waals surface area contributed by atoms with E-state index >= 15 is 0 Å². The Kier molecular flexibility index (Phi) is 10.6. The predicted octanol–water partition coefficient (Wildman–Crippen LogP) is -1.18. The molecule has 1 aliphatic rings. The second-order valence-corrected chi connectivity index (χ2v) is 7.10. The zero-order chi connectivity index (χ0) is 19.1. The van der Waals surface area contributed by atoms with Gasteiger partial charge in [-0.3, -0.25) is 9.80 Å². The van der Waals surface area contributed by atoms with Gasteiger partial charge in [-0.15, -0.1) is 0 Å². The van der Waals surface area contributed by atoms with Crippen LogP contribution in [0.2, 0.25) is 5.02 Å². The number of piperazine rings is 1. The van der Waals surface area contributed by atoms with Crippen LogP contribution in [-0.4, -0.2) is 61.7 Å². The Hall–Kier alpha value is -0.284. The van der Waals surface area contributed by atoms with E-state index in [1.807, 2.05) is 18.2 Å². The first-order valence-corrected chi connectivity index (χ1v) is 9.55. The third kappa shape index (κ3) is 7.20. The number of carboxylic acids is 1. The van der Waals surface area contributed by atoms with Crippen molar-refractivity contribution >= 4 is 17.6 Å². The molecule has 5 nitrogen and oxygen atoms in total. The molecule has 0 spiro atoms. The Morgan fingerprint density at radius 3 is 2.21 bits per heavy atom. The van der Waals surface area contributed by atoms with Crippen LogP contribution in [0.4, 0.5) is 0 Å². The van der Waals surface area contributed by atoms with Crippen molar-refractivity contribution in [1.29, 1.82) is 0 Å². The molecule has 144 valence electrons. The molecule has 0 saturated carbocycles. The Labute approximate surface area is 214 Å². The molecule has 2 aromatic carbocycles. The molecule has 0 bridgehead atoms. The average molecular weight is 427 g/mol. The van der Waals surface area contributed by atoms with Gasteiger partial charge in [0, 0.05) is 37.7 Å². The summed E-state index contributed by atoms with van der Waals surface area (Å²) in [7, 11) is 0. The van der Waals surface area contributed by atoms with Crippen molar-refractivity contribution in [3.63, 3.8) is 0 Å². The van der Waals surface area contributed by atoms with Gasteiger partial charge in [0.05, 0.1) is 25.2 Å². The third-order valence-electron chi connectivity index (χ3n) is 4.84. The Bertz CT molecular complexity index is 722. The van der Waals surface area contributed by atoms with E-state index in [0.29, 0.717) is 6.61 Å². The molecular weight excluding hydrogens is 403 g/mol. The summed E-state index contributed by atoms with van der Waals surface area (Å²) in [5.74, 6) is -1.17. The van der Waals surface area contributed by atoms with Crippen LogP contribution < -0.4 is 56.5 Å². The largest absolute Gasteiger partial charge is 1.00 e. The summed E-state index contributed by atoms with van der Waals surface area (Å²) < 4.78 is 5.09. The van der Waals surface area contributed by atoms with E-state index < -0.39 is 5.97 Å². The van der Waals surface area contributed by atoms with Gasteiger partial charge in [-0.05, 0) is 23.3 Å². The van der Waals surface area contributed by atoms with E-state index in [9.17, 15) is 9.90 Å². The van der Waals surface area contributed by atoms with Gasteiger partial charge in [0.25, 0.3) is 0 Å². The number of nitrogens with zero attached hydrogens (tertiary/aromatic N) is 2. The van der Waals surface area contributed by atoms with Gasteiger partial charge >= 0.3 is 51.4 Å². The molecule has 1 atom stereocenters. The van der Waals surface area contributed by atoms with Crippen molar-refractivity contribution in [2.75, 3.05) is 45.9 Å². The van der Waals surface area contributed by atoms with E-state index in [4.69, 9.17) is 16.3 Å². The maximum Gasteiger partial charge on any atom is 1.00 e. The molecule has 0 radical (unpaired) electrons. The van der Waals surface area contributed by atoms with Crippen molar-refractivity contribution in [2.24, 2.45) is 0 Å². The number of rotatable bonds is 8. The normalized spacial score (nSPS) is 16.3. The van der Waals surface area contributed by atoms with Crippen LogP contribution in [-0.2, 0) is 9.53 Å². The van der Waals surface area contributed by atoms with Gasteiger partial charge in [-0.1, -0.05) is 54.1 Å². The van der Waals surface area contributed by atoms with Crippen LogP contribution in [0.25, 0.3) is 0 Å². The molecule has 0 aromatic heterocycles.